The van der Waals surface area contributed by atoms with Crippen LogP contribution in [0.3, 0.4) is 0 Å². The van der Waals surface area contributed by atoms with Crippen molar-refractivity contribution in [2.45, 2.75) is 31.8 Å². The van der Waals surface area contributed by atoms with Crippen LogP contribution in [0.5, 0.6) is 0 Å². The fourth-order valence-electron chi connectivity index (χ4n) is 3.25. The number of nitrogens with one attached hydrogen (secondary N) is 1. The van der Waals surface area contributed by atoms with E-state index < -0.39 is 24.5 Å². The first-order valence-corrected chi connectivity index (χ1v) is 10.7. The summed E-state index contributed by atoms with van der Waals surface area (Å²) in [7, 11) is 0. The molecule has 0 radical (unpaired) electrons. The summed E-state index contributed by atoms with van der Waals surface area (Å²) >= 11 is 12.1. The standard InChI is InChI=1S/C21H17Cl2F3N6O2/c22-14-7-5-12(6-8-14)19-30-32(20(34)31(19)10-16(33)21(24,25)26)11-18-27-17(28-29-18)9-13-3-1-2-4-15(13)23/h1-8,16,33H,9-11H2,(H,27,28,29). The topological polar surface area (TPSA) is 102 Å². The molecule has 0 spiro atoms. The first-order valence-electron chi connectivity index (χ1n) is 9.94. The molecule has 34 heavy (non-hydrogen) atoms. The normalized spacial score (nSPS) is 12.8. The van der Waals surface area contributed by atoms with Crippen molar-refractivity contribution in [3.63, 3.8) is 0 Å². The molecule has 2 aromatic carbocycles. The molecule has 2 aromatic heterocycles. The van der Waals surface area contributed by atoms with Crippen molar-refractivity contribution in [1.82, 2.24) is 29.5 Å². The summed E-state index contributed by atoms with van der Waals surface area (Å²) in [5.74, 6) is 0.703. The minimum absolute atomic E-state index is 0.0548. The third kappa shape index (κ3) is 5.32. The maximum Gasteiger partial charge on any atom is 0.416 e. The summed E-state index contributed by atoms with van der Waals surface area (Å²) in [5, 5.41) is 22.7. The first-order chi connectivity index (χ1) is 16.1. The van der Waals surface area contributed by atoms with Gasteiger partial charge in [0.15, 0.2) is 17.8 Å². The Labute approximate surface area is 200 Å². The Kier molecular flexibility index (Phi) is 6.78. The lowest BCUT2D eigenvalue weighted by Crippen LogP contribution is -2.37. The van der Waals surface area contributed by atoms with E-state index in [4.69, 9.17) is 23.2 Å². The van der Waals surface area contributed by atoms with Crippen LogP contribution in [-0.4, -0.2) is 46.9 Å². The van der Waals surface area contributed by atoms with Gasteiger partial charge in [-0.05, 0) is 35.9 Å². The number of alkyl halides is 3. The van der Waals surface area contributed by atoms with Crippen LogP contribution in [0, 0.1) is 0 Å². The monoisotopic (exact) mass is 512 g/mol. The Morgan fingerprint density at radius 1 is 1.03 bits per heavy atom. The Morgan fingerprint density at radius 3 is 2.38 bits per heavy atom. The number of hydrogen-bond acceptors (Lipinski definition) is 5. The molecule has 2 N–H and O–H groups in total. The SMILES string of the molecule is O=c1n(Cc2nnc(Cc3ccccc3Cl)[nH]2)nc(-c2ccc(Cl)cc2)n1CC(O)C(F)(F)F. The molecule has 0 bridgehead atoms. The van der Waals surface area contributed by atoms with Crippen molar-refractivity contribution in [3.05, 3.63) is 86.3 Å². The van der Waals surface area contributed by atoms with E-state index in [0.717, 1.165) is 14.8 Å². The number of aliphatic hydroxyl groups excluding tert-OH is 1. The highest BCUT2D eigenvalue weighted by molar-refractivity contribution is 6.31. The second-order valence-electron chi connectivity index (χ2n) is 7.43. The third-order valence-corrected chi connectivity index (χ3v) is 5.57. The highest BCUT2D eigenvalue weighted by atomic mass is 35.5. The highest BCUT2D eigenvalue weighted by Gasteiger charge is 2.39. The zero-order chi connectivity index (χ0) is 24.5. The van der Waals surface area contributed by atoms with Crippen molar-refractivity contribution in [3.8, 4) is 11.4 Å². The van der Waals surface area contributed by atoms with Crippen LogP contribution in [0.2, 0.25) is 10.0 Å². The molecule has 4 rings (SSSR count). The minimum atomic E-state index is -4.91. The second-order valence-corrected chi connectivity index (χ2v) is 8.27. The van der Waals surface area contributed by atoms with Gasteiger partial charge in [0.2, 0.25) is 0 Å². The first kappa shape index (κ1) is 24.0. The number of benzene rings is 2. The lowest BCUT2D eigenvalue weighted by atomic mass is 10.1. The van der Waals surface area contributed by atoms with Crippen molar-refractivity contribution in [1.29, 1.82) is 0 Å². The number of aliphatic hydroxyl groups is 1. The highest BCUT2D eigenvalue weighted by Crippen LogP contribution is 2.24. The molecule has 0 aliphatic carbocycles. The number of aromatic nitrogens is 6. The zero-order valence-corrected chi connectivity index (χ0v) is 18.8. The molecule has 0 aliphatic heterocycles. The summed E-state index contributed by atoms with van der Waals surface area (Å²) in [6.45, 7) is -1.20. The van der Waals surface area contributed by atoms with Crippen LogP contribution >= 0.6 is 23.2 Å². The maximum absolute atomic E-state index is 13.0. The summed E-state index contributed by atoms with van der Waals surface area (Å²) in [6, 6.07) is 13.3. The smallest absolute Gasteiger partial charge is 0.382 e. The van der Waals surface area contributed by atoms with Gasteiger partial charge in [0.05, 0.1) is 6.54 Å². The minimum Gasteiger partial charge on any atom is -0.382 e. The van der Waals surface area contributed by atoms with Crippen LogP contribution in [-0.2, 0) is 19.5 Å². The van der Waals surface area contributed by atoms with Crippen LogP contribution in [0.4, 0.5) is 13.2 Å². The van der Waals surface area contributed by atoms with Crippen molar-refractivity contribution in [2.75, 3.05) is 0 Å². The van der Waals surface area contributed by atoms with Gasteiger partial charge in [-0.3, -0.25) is 4.57 Å². The fourth-order valence-corrected chi connectivity index (χ4v) is 3.58. The van der Waals surface area contributed by atoms with Crippen LogP contribution in [0.1, 0.15) is 17.2 Å². The third-order valence-electron chi connectivity index (χ3n) is 4.95. The Balaban J connectivity index is 1.64. The van der Waals surface area contributed by atoms with Gasteiger partial charge in [-0.1, -0.05) is 41.4 Å². The van der Waals surface area contributed by atoms with Crippen LogP contribution in [0.15, 0.2) is 53.3 Å². The molecule has 1 atom stereocenters. The van der Waals surface area contributed by atoms with E-state index in [9.17, 15) is 23.1 Å². The van der Waals surface area contributed by atoms with E-state index >= 15 is 0 Å². The van der Waals surface area contributed by atoms with Gasteiger partial charge in [0, 0.05) is 22.0 Å². The molecule has 0 aliphatic rings. The molecule has 0 fully saturated rings. The van der Waals surface area contributed by atoms with Gasteiger partial charge in [0.25, 0.3) is 0 Å². The molecule has 0 saturated carbocycles. The van der Waals surface area contributed by atoms with Gasteiger partial charge < -0.3 is 10.1 Å². The summed E-state index contributed by atoms with van der Waals surface area (Å²) in [6.07, 6.45) is -7.29. The quantitative estimate of drug-likeness (QED) is 0.393. The van der Waals surface area contributed by atoms with E-state index in [1.807, 2.05) is 12.1 Å². The summed E-state index contributed by atoms with van der Waals surface area (Å²) in [4.78, 5) is 15.9. The van der Waals surface area contributed by atoms with Crippen molar-refractivity contribution < 1.29 is 18.3 Å². The van der Waals surface area contributed by atoms with Crippen LogP contribution in [0.25, 0.3) is 11.4 Å². The molecule has 0 saturated heterocycles. The lowest BCUT2D eigenvalue weighted by molar-refractivity contribution is -0.207. The molecular weight excluding hydrogens is 496 g/mol. The molecule has 13 heteroatoms. The Hall–Kier alpha value is -3.15. The van der Waals surface area contributed by atoms with Gasteiger partial charge in [-0.2, -0.15) is 13.2 Å². The van der Waals surface area contributed by atoms with E-state index in [1.165, 1.54) is 24.3 Å². The number of hydrogen-bond donors (Lipinski definition) is 2. The number of rotatable bonds is 7. The Morgan fingerprint density at radius 2 is 1.71 bits per heavy atom. The molecule has 4 aromatic rings. The average molecular weight is 513 g/mol. The molecule has 178 valence electrons. The van der Waals surface area contributed by atoms with E-state index in [0.29, 0.717) is 27.9 Å². The lowest BCUT2D eigenvalue weighted by Gasteiger charge is -2.15. The summed E-state index contributed by atoms with van der Waals surface area (Å²) < 4.78 is 40.6. The van der Waals surface area contributed by atoms with Gasteiger partial charge in [-0.15, -0.1) is 15.3 Å². The van der Waals surface area contributed by atoms with E-state index in [-0.39, 0.29) is 18.2 Å². The number of nitrogens with zero attached hydrogens (tertiary/aromatic N) is 5. The van der Waals surface area contributed by atoms with Gasteiger partial charge in [-0.25, -0.2) is 9.48 Å². The summed E-state index contributed by atoms with van der Waals surface area (Å²) in [5.41, 5.74) is 0.323. The van der Waals surface area contributed by atoms with Gasteiger partial charge >= 0.3 is 11.9 Å². The number of halogens is 5. The molecule has 1 unspecified atom stereocenters. The largest absolute Gasteiger partial charge is 0.416 e. The van der Waals surface area contributed by atoms with E-state index in [1.54, 1.807) is 12.1 Å². The van der Waals surface area contributed by atoms with E-state index in [2.05, 4.69) is 20.3 Å². The number of H-pyrrole nitrogens is 1. The van der Waals surface area contributed by atoms with Crippen molar-refractivity contribution in [2.24, 2.45) is 0 Å². The molecular formula is C21H17Cl2F3N6O2. The molecule has 0 amide bonds. The maximum atomic E-state index is 13.0. The van der Waals surface area contributed by atoms with Crippen LogP contribution < -0.4 is 5.69 Å². The number of aromatic amines is 1. The molecule has 8 nitrogen and oxygen atoms in total. The predicted octanol–water partition coefficient (Wildman–Crippen LogP) is 3.70. The van der Waals surface area contributed by atoms with Gasteiger partial charge in [0.1, 0.15) is 12.4 Å². The fraction of sp³-hybridized carbons (Fsp3) is 0.238. The zero-order valence-electron chi connectivity index (χ0n) is 17.3. The average Bonchev–Trinajstić information content (AvgIpc) is 3.35. The second kappa shape index (κ2) is 9.61. The molecule has 2 heterocycles. The predicted molar refractivity (Wildman–Crippen MR) is 119 cm³/mol. The van der Waals surface area contributed by atoms with Crippen molar-refractivity contribution >= 4 is 23.2 Å². The Bertz CT molecular complexity index is 1350.